The van der Waals surface area contributed by atoms with Gasteiger partial charge in [0.15, 0.2) is 17.3 Å². The van der Waals surface area contributed by atoms with Crippen molar-refractivity contribution in [3.8, 4) is 11.5 Å². The number of rotatable bonds is 2. The number of hydrogen-bond donors (Lipinski definition) is 2. The van der Waals surface area contributed by atoms with Gasteiger partial charge in [-0.2, -0.15) is 0 Å². The van der Waals surface area contributed by atoms with Gasteiger partial charge in [-0.25, -0.2) is 4.39 Å². The predicted molar refractivity (Wildman–Crippen MR) is 50.0 cm³/mol. The number of phenols is 1. The normalized spacial score (nSPS) is 20.3. The van der Waals surface area contributed by atoms with Crippen LogP contribution >= 0.6 is 0 Å². The Morgan fingerprint density at radius 3 is 2.79 bits per heavy atom. The van der Waals surface area contributed by atoms with Gasteiger partial charge in [-0.3, -0.25) is 0 Å². The minimum atomic E-state index is -0.631. The zero-order valence-electron chi connectivity index (χ0n) is 7.88. The van der Waals surface area contributed by atoms with Gasteiger partial charge < -0.3 is 15.2 Å². The summed E-state index contributed by atoms with van der Waals surface area (Å²) in [6.45, 7) is 0.954. The highest BCUT2D eigenvalue weighted by molar-refractivity contribution is 5.44. The van der Waals surface area contributed by atoms with E-state index >= 15 is 0 Å². The van der Waals surface area contributed by atoms with Crippen molar-refractivity contribution < 1.29 is 14.2 Å². The summed E-state index contributed by atoms with van der Waals surface area (Å²) in [5.41, 5.74) is 0.823. The van der Waals surface area contributed by atoms with Gasteiger partial charge in [0.2, 0.25) is 0 Å². The molecule has 1 heterocycles. The second kappa shape index (κ2) is 3.46. The highest BCUT2D eigenvalue weighted by atomic mass is 19.1. The van der Waals surface area contributed by atoms with E-state index in [-0.39, 0.29) is 11.8 Å². The van der Waals surface area contributed by atoms with E-state index in [1.54, 1.807) is 6.07 Å². The van der Waals surface area contributed by atoms with E-state index in [1.165, 1.54) is 13.2 Å². The van der Waals surface area contributed by atoms with Crippen molar-refractivity contribution in [1.29, 1.82) is 0 Å². The van der Waals surface area contributed by atoms with Gasteiger partial charge in [0.25, 0.3) is 0 Å². The average molecular weight is 197 g/mol. The van der Waals surface area contributed by atoms with Gasteiger partial charge in [-0.05, 0) is 30.7 Å². The standard InChI is InChI=1S/C10H12FNO2/c1-14-9-5-6(8-2-3-12-8)4-7(11)10(9)13/h4-5,8,12-13H,2-3H2,1H3. The number of ether oxygens (including phenoxy) is 1. The van der Waals surface area contributed by atoms with Crippen LogP contribution in [0, 0.1) is 5.82 Å². The molecule has 2 N–H and O–H groups in total. The van der Waals surface area contributed by atoms with Crippen LogP contribution in [-0.2, 0) is 0 Å². The lowest BCUT2D eigenvalue weighted by Crippen LogP contribution is -2.34. The lowest BCUT2D eigenvalue weighted by molar-refractivity contribution is 0.347. The van der Waals surface area contributed by atoms with Gasteiger partial charge in [-0.15, -0.1) is 0 Å². The third-order valence-corrected chi connectivity index (χ3v) is 2.50. The molecule has 0 aliphatic carbocycles. The molecular weight excluding hydrogens is 185 g/mol. The third-order valence-electron chi connectivity index (χ3n) is 2.50. The number of nitrogens with one attached hydrogen (secondary N) is 1. The van der Waals surface area contributed by atoms with Gasteiger partial charge >= 0.3 is 0 Å². The van der Waals surface area contributed by atoms with Crippen LogP contribution in [0.5, 0.6) is 11.5 Å². The molecule has 1 atom stereocenters. The smallest absolute Gasteiger partial charge is 0.194 e. The number of phenolic OH excluding ortho intramolecular Hbond substituents is 1. The first-order valence-electron chi connectivity index (χ1n) is 4.52. The fourth-order valence-electron chi connectivity index (χ4n) is 1.52. The van der Waals surface area contributed by atoms with Gasteiger partial charge in [0, 0.05) is 6.04 Å². The lowest BCUT2D eigenvalue weighted by Gasteiger charge is -2.28. The van der Waals surface area contributed by atoms with E-state index in [4.69, 9.17) is 4.74 Å². The minimum Gasteiger partial charge on any atom is -0.502 e. The number of halogens is 1. The maximum absolute atomic E-state index is 13.2. The van der Waals surface area contributed by atoms with Crippen molar-refractivity contribution in [2.75, 3.05) is 13.7 Å². The molecule has 1 aromatic rings. The fraction of sp³-hybridized carbons (Fsp3) is 0.400. The molecule has 14 heavy (non-hydrogen) atoms. The summed E-state index contributed by atoms with van der Waals surface area (Å²) in [6.07, 6.45) is 0.993. The molecule has 4 heteroatoms. The fourth-order valence-corrected chi connectivity index (χ4v) is 1.52. The van der Waals surface area contributed by atoms with Gasteiger partial charge in [0.05, 0.1) is 7.11 Å². The average Bonchev–Trinajstić information content (AvgIpc) is 2.08. The van der Waals surface area contributed by atoms with Crippen LogP contribution in [-0.4, -0.2) is 18.8 Å². The molecular formula is C10H12FNO2. The Hall–Kier alpha value is -1.29. The number of benzene rings is 1. The van der Waals surface area contributed by atoms with E-state index in [0.29, 0.717) is 0 Å². The second-order valence-corrected chi connectivity index (χ2v) is 3.35. The molecule has 0 radical (unpaired) electrons. The Kier molecular flexibility index (Phi) is 2.29. The first-order chi connectivity index (χ1) is 6.72. The Bertz CT molecular complexity index is 350. The largest absolute Gasteiger partial charge is 0.502 e. The minimum absolute atomic E-state index is 0.189. The molecule has 1 unspecified atom stereocenters. The van der Waals surface area contributed by atoms with Crippen molar-refractivity contribution in [3.63, 3.8) is 0 Å². The molecule has 1 fully saturated rings. The first kappa shape index (κ1) is 9.27. The Morgan fingerprint density at radius 2 is 2.29 bits per heavy atom. The lowest BCUT2D eigenvalue weighted by atomic mass is 9.97. The van der Waals surface area contributed by atoms with Crippen molar-refractivity contribution >= 4 is 0 Å². The number of methoxy groups -OCH3 is 1. The second-order valence-electron chi connectivity index (χ2n) is 3.35. The van der Waals surface area contributed by atoms with Crippen LogP contribution in [0.2, 0.25) is 0 Å². The third kappa shape index (κ3) is 1.42. The van der Waals surface area contributed by atoms with E-state index in [0.717, 1.165) is 18.5 Å². The van der Waals surface area contributed by atoms with Crippen LogP contribution in [0.4, 0.5) is 4.39 Å². The summed E-state index contributed by atoms with van der Waals surface area (Å²) in [6, 6.07) is 3.20. The van der Waals surface area contributed by atoms with Crippen LogP contribution in [0.15, 0.2) is 12.1 Å². The molecule has 1 saturated heterocycles. The molecule has 0 saturated carbocycles. The van der Waals surface area contributed by atoms with Crippen molar-refractivity contribution in [3.05, 3.63) is 23.5 Å². The van der Waals surface area contributed by atoms with Crippen LogP contribution in [0.25, 0.3) is 0 Å². The summed E-state index contributed by atoms with van der Waals surface area (Å²) in [5.74, 6) is -0.864. The SMILES string of the molecule is COc1cc(C2CCN2)cc(F)c1O. The molecule has 0 aromatic heterocycles. The molecule has 0 bridgehead atoms. The number of hydrogen-bond acceptors (Lipinski definition) is 3. The zero-order valence-corrected chi connectivity index (χ0v) is 7.88. The van der Waals surface area contributed by atoms with Gasteiger partial charge in [-0.1, -0.05) is 0 Å². The van der Waals surface area contributed by atoms with Gasteiger partial charge in [0.1, 0.15) is 0 Å². The van der Waals surface area contributed by atoms with Crippen molar-refractivity contribution in [2.24, 2.45) is 0 Å². The van der Waals surface area contributed by atoms with Crippen molar-refractivity contribution in [2.45, 2.75) is 12.5 Å². The molecule has 2 rings (SSSR count). The van der Waals surface area contributed by atoms with Crippen LogP contribution < -0.4 is 10.1 Å². The molecule has 1 aliphatic rings. The Balaban J connectivity index is 2.37. The Labute approximate surface area is 81.5 Å². The quantitative estimate of drug-likeness (QED) is 0.756. The molecule has 1 aromatic carbocycles. The summed E-state index contributed by atoms with van der Waals surface area (Å²) < 4.78 is 18.1. The van der Waals surface area contributed by atoms with E-state index < -0.39 is 11.6 Å². The molecule has 76 valence electrons. The summed E-state index contributed by atoms with van der Waals surface area (Å²) in [4.78, 5) is 0. The Morgan fingerprint density at radius 1 is 1.57 bits per heavy atom. The molecule has 1 aliphatic heterocycles. The monoisotopic (exact) mass is 197 g/mol. The van der Waals surface area contributed by atoms with Crippen LogP contribution in [0.3, 0.4) is 0 Å². The van der Waals surface area contributed by atoms with Crippen LogP contribution in [0.1, 0.15) is 18.0 Å². The summed E-state index contributed by atoms with van der Waals surface area (Å²) >= 11 is 0. The summed E-state index contributed by atoms with van der Waals surface area (Å²) in [7, 11) is 1.41. The topological polar surface area (TPSA) is 41.5 Å². The van der Waals surface area contributed by atoms with E-state index in [1.807, 2.05) is 0 Å². The van der Waals surface area contributed by atoms with E-state index in [9.17, 15) is 9.50 Å². The molecule has 3 nitrogen and oxygen atoms in total. The maximum Gasteiger partial charge on any atom is 0.194 e. The first-order valence-corrected chi connectivity index (χ1v) is 4.52. The molecule has 0 spiro atoms. The maximum atomic E-state index is 13.2. The number of aromatic hydroxyl groups is 1. The molecule has 0 amide bonds. The zero-order chi connectivity index (χ0) is 10.1. The highest BCUT2D eigenvalue weighted by Gasteiger charge is 2.21. The van der Waals surface area contributed by atoms with E-state index in [2.05, 4.69) is 5.32 Å². The predicted octanol–water partition coefficient (Wildman–Crippen LogP) is 1.57. The summed E-state index contributed by atoms with van der Waals surface area (Å²) in [5, 5.41) is 12.4. The van der Waals surface area contributed by atoms with Crippen molar-refractivity contribution in [1.82, 2.24) is 5.32 Å². The highest BCUT2D eigenvalue weighted by Crippen LogP contribution is 2.34.